The van der Waals surface area contributed by atoms with Crippen molar-refractivity contribution in [2.45, 2.75) is 19.3 Å². The molecule has 0 saturated carbocycles. The van der Waals surface area contributed by atoms with Gasteiger partial charge >= 0.3 is 6.18 Å². The molecule has 206 valence electrons. The number of ether oxygens (including phenoxy) is 1. The van der Waals surface area contributed by atoms with Crippen LogP contribution in [0.5, 0.6) is 5.75 Å². The minimum Gasteiger partial charge on any atom is -0.482 e. The Morgan fingerprint density at radius 3 is 2.42 bits per heavy atom. The third-order valence-electron chi connectivity index (χ3n) is 5.82. The molecule has 1 aliphatic rings. The van der Waals surface area contributed by atoms with Gasteiger partial charge in [0.15, 0.2) is 18.1 Å². The standard InChI is InChI=1S/C25H17F5N6O4/c26-15-3-1-12(5-14(15)25(28,29)30)8-31-23(38)18-7-19(36-22(35-18)16(27)10-33-36)24(39)32-9-13-2-4-17-20(6-13)40-11-21(37)34-17/h1-7,10H,8-9,11H2,(H,31,38)(H,32,39)(H,34,37). The summed E-state index contributed by atoms with van der Waals surface area (Å²) in [4.78, 5) is 41.1. The number of halogens is 5. The number of fused-ring (bicyclic) bond motifs is 2. The van der Waals surface area contributed by atoms with E-state index in [4.69, 9.17) is 4.74 Å². The van der Waals surface area contributed by atoms with Gasteiger partial charge in [0.2, 0.25) is 0 Å². The summed E-state index contributed by atoms with van der Waals surface area (Å²) in [7, 11) is 0. The lowest BCUT2D eigenvalue weighted by molar-refractivity contribution is -0.140. The quantitative estimate of drug-likeness (QED) is 0.311. The third kappa shape index (κ3) is 5.39. The fourth-order valence-corrected chi connectivity index (χ4v) is 3.89. The van der Waals surface area contributed by atoms with Crippen molar-refractivity contribution in [2.75, 3.05) is 11.9 Å². The molecule has 0 radical (unpaired) electrons. The van der Waals surface area contributed by atoms with Crippen molar-refractivity contribution >= 4 is 29.1 Å². The highest BCUT2D eigenvalue weighted by Gasteiger charge is 2.34. The van der Waals surface area contributed by atoms with Crippen molar-refractivity contribution in [1.29, 1.82) is 0 Å². The van der Waals surface area contributed by atoms with Gasteiger partial charge in [0.1, 0.15) is 23.0 Å². The molecular formula is C25H17F5N6O4. The largest absolute Gasteiger partial charge is 0.482 e. The van der Waals surface area contributed by atoms with Crippen molar-refractivity contribution in [3.05, 3.63) is 88.4 Å². The van der Waals surface area contributed by atoms with E-state index in [1.54, 1.807) is 18.2 Å². The van der Waals surface area contributed by atoms with Gasteiger partial charge in [-0.25, -0.2) is 18.3 Å². The first-order valence-electron chi connectivity index (χ1n) is 11.5. The molecule has 1 aliphatic heterocycles. The van der Waals surface area contributed by atoms with E-state index in [0.29, 0.717) is 29.1 Å². The van der Waals surface area contributed by atoms with E-state index in [2.05, 4.69) is 26.0 Å². The number of carbonyl (C=O) groups is 3. The summed E-state index contributed by atoms with van der Waals surface area (Å²) in [5.41, 5.74) is -1.55. The van der Waals surface area contributed by atoms with E-state index in [1.807, 2.05) is 0 Å². The Labute approximate surface area is 221 Å². The smallest absolute Gasteiger partial charge is 0.419 e. The maximum Gasteiger partial charge on any atom is 0.419 e. The molecule has 0 aliphatic carbocycles. The Kier molecular flexibility index (Phi) is 6.79. The van der Waals surface area contributed by atoms with Crippen molar-refractivity contribution in [3.8, 4) is 5.75 Å². The number of aromatic nitrogens is 3. The van der Waals surface area contributed by atoms with Gasteiger partial charge in [0.25, 0.3) is 17.7 Å². The van der Waals surface area contributed by atoms with Crippen LogP contribution in [0, 0.1) is 11.6 Å². The fraction of sp³-hybridized carbons (Fsp3) is 0.160. The first kappa shape index (κ1) is 26.5. The first-order valence-corrected chi connectivity index (χ1v) is 11.5. The molecule has 40 heavy (non-hydrogen) atoms. The van der Waals surface area contributed by atoms with Crippen molar-refractivity contribution in [1.82, 2.24) is 25.2 Å². The fourth-order valence-electron chi connectivity index (χ4n) is 3.89. The molecule has 15 heteroatoms. The van der Waals surface area contributed by atoms with Crippen LogP contribution in [0.1, 0.15) is 37.7 Å². The number of amides is 3. The summed E-state index contributed by atoms with van der Waals surface area (Å²) < 4.78 is 73.1. The first-order chi connectivity index (χ1) is 19.0. The maximum absolute atomic E-state index is 14.3. The molecule has 5 rings (SSSR count). The Bertz CT molecular complexity index is 1670. The number of rotatable bonds is 6. The number of anilines is 1. The highest BCUT2D eigenvalue weighted by molar-refractivity contribution is 5.98. The van der Waals surface area contributed by atoms with E-state index < -0.39 is 53.1 Å². The van der Waals surface area contributed by atoms with Gasteiger partial charge < -0.3 is 20.7 Å². The monoisotopic (exact) mass is 560 g/mol. The molecule has 4 aromatic rings. The Balaban J connectivity index is 1.33. The Morgan fingerprint density at radius 1 is 0.975 bits per heavy atom. The number of nitrogens with one attached hydrogen (secondary N) is 3. The molecule has 0 unspecified atom stereocenters. The van der Waals surface area contributed by atoms with Crippen LogP contribution < -0.4 is 20.7 Å². The molecule has 2 aromatic heterocycles. The normalized spacial score (nSPS) is 12.9. The summed E-state index contributed by atoms with van der Waals surface area (Å²) in [5.74, 6) is -3.95. The minimum atomic E-state index is -4.93. The highest BCUT2D eigenvalue weighted by Crippen LogP contribution is 2.32. The number of alkyl halides is 3. The van der Waals surface area contributed by atoms with Crippen LogP contribution in [-0.4, -0.2) is 38.9 Å². The number of nitrogens with zero attached hydrogens (tertiary/aromatic N) is 3. The van der Waals surface area contributed by atoms with Gasteiger partial charge in [-0.15, -0.1) is 0 Å². The Morgan fingerprint density at radius 2 is 1.68 bits per heavy atom. The average Bonchev–Trinajstić information content (AvgIpc) is 3.30. The lowest BCUT2D eigenvalue weighted by Crippen LogP contribution is -2.29. The molecule has 0 fully saturated rings. The number of hydrogen-bond donors (Lipinski definition) is 3. The molecule has 0 bridgehead atoms. The van der Waals surface area contributed by atoms with E-state index in [-0.39, 0.29) is 30.3 Å². The summed E-state index contributed by atoms with van der Waals surface area (Å²) in [5, 5.41) is 11.4. The minimum absolute atomic E-state index is 0.00930. The van der Waals surface area contributed by atoms with Crippen LogP contribution in [0.3, 0.4) is 0 Å². The number of carbonyl (C=O) groups excluding carboxylic acids is 3. The second kappa shape index (κ2) is 10.2. The lowest BCUT2D eigenvalue weighted by Gasteiger charge is -2.18. The average molecular weight is 560 g/mol. The van der Waals surface area contributed by atoms with Gasteiger partial charge in [-0.05, 0) is 35.4 Å². The van der Waals surface area contributed by atoms with Gasteiger partial charge in [-0.1, -0.05) is 12.1 Å². The second-order valence-corrected chi connectivity index (χ2v) is 8.60. The third-order valence-corrected chi connectivity index (χ3v) is 5.82. The summed E-state index contributed by atoms with van der Waals surface area (Å²) in [6.07, 6.45) is -4.13. The SMILES string of the molecule is O=C1COc2cc(CNC(=O)c3cc(C(=O)NCc4ccc(F)c(C(F)(F)F)c4)nc4c(F)cnn34)ccc2N1. The second-order valence-electron chi connectivity index (χ2n) is 8.60. The van der Waals surface area contributed by atoms with Gasteiger partial charge in [-0.2, -0.15) is 18.3 Å². The maximum atomic E-state index is 14.3. The molecule has 10 nitrogen and oxygen atoms in total. The van der Waals surface area contributed by atoms with Gasteiger partial charge in [0.05, 0.1) is 17.4 Å². The molecule has 2 aromatic carbocycles. The van der Waals surface area contributed by atoms with Crippen molar-refractivity contribution in [2.24, 2.45) is 0 Å². The molecule has 0 atom stereocenters. The summed E-state index contributed by atoms with van der Waals surface area (Å²) in [6, 6.07) is 8.15. The predicted molar refractivity (Wildman–Crippen MR) is 127 cm³/mol. The zero-order chi connectivity index (χ0) is 28.6. The van der Waals surface area contributed by atoms with Crippen molar-refractivity contribution < 1.29 is 41.1 Å². The van der Waals surface area contributed by atoms with E-state index in [1.165, 1.54) is 0 Å². The summed E-state index contributed by atoms with van der Waals surface area (Å²) in [6.45, 7) is -0.595. The molecule has 3 amide bonds. The molecular weight excluding hydrogens is 543 g/mol. The molecule has 3 N–H and O–H groups in total. The number of hydrogen-bond acceptors (Lipinski definition) is 6. The molecule has 0 saturated heterocycles. The van der Waals surface area contributed by atoms with Crippen LogP contribution in [0.25, 0.3) is 5.65 Å². The van der Waals surface area contributed by atoms with Crippen LogP contribution in [0.15, 0.2) is 48.7 Å². The number of benzene rings is 2. The van der Waals surface area contributed by atoms with Gasteiger partial charge in [-0.3, -0.25) is 14.4 Å². The topological polar surface area (TPSA) is 127 Å². The zero-order valence-corrected chi connectivity index (χ0v) is 20.1. The van der Waals surface area contributed by atoms with Crippen LogP contribution in [0.2, 0.25) is 0 Å². The van der Waals surface area contributed by atoms with Gasteiger partial charge in [0, 0.05) is 19.2 Å². The van der Waals surface area contributed by atoms with Crippen LogP contribution in [0.4, 0.5) is 27.6 Å². The van der Waals surface area contributed by atoms with E-state index in [0.717, 1.165) is 22.8 Å². The molecule has 0 spiro atoms. The lowest BCUT2D eigenvalue weighted by atomic mass is 10.1. The van der Waals surface area contributed by atoms with Crippen LogP contribution in [-0.2, 0) is 24.1 Å². The zero-order valence-electron chi connectivity index (χ0n) is 20.1. The molecule has 3 heterocycles. The van der Waals surface area contributed by atoms with Crippen molar-refractivity contribution in [3.63, 3.8) is 0 Å². The Hall–Kier alpha value is -5.08. The highest BCUT2D eigenvalue weighted by atomic mass is 19.4. The summed E-state index contributed by atoms with van der Waals surface area (Å²) >= 11 is 0. The van der Waals surface area contributed by atoms with E-state index in [9.17, 15) is 36.3 Å². The predicted octanol–water partition coefficient (Wildman–Crippen LogP) is 3.22. The van der Waals surface area contributed by atoms with E-state index >= 15 is 0 Å². The van der Waals surface area contributed by atoms with Crippen LogP contribution >= 0.6 is 0 Å².